The molecule has 0 aromatic heterocycles. The number of sulfonamides is 1. The van der Waals surface area contributed by atoms with E-state index in [1.165, 1.54) is 22.0 Å². The summed E-state index contributed by atoms with van der Waals surface area (Å²) in [6.45, 7) is 1.38. The van der Waals surface area contributed by atoms with E-state index in [4.69, 9.17) is 9.47 Å². The fraction of sp³-hybridized carbons (Fsp3) is 0.350. The Kier molecular flexibility index (Phi) is 4.99. The highest BCUT2D eigenvalue weighted by Crippen LogP contribution is 2.34. The van der Waals surface area contributed by atoms with Crippen molar-refractivity contribution in [2.75, 3.05) is 26.3 Å². The van der Waals surface area contributed by atoms with Crippen molar-refractivity contribution in [3.63, 3.8) is 0 Å². The number of carbonyl (C=O) groups excluding carboxylic acids is 1. The van der Waals surface area contributed by atoms with E-state index in [0.717, 1.165) is 18.4 Å². The first-order valence-corrected chi connectivity index (χ1v) is 10.5. The summed E-state index contributed by atoms with van der Waals surface area (Å²) in [6, 6.07) is 14.0. The molecule has 2 aromatic carbocycles. The Morgan fingerprint density at radius 1 is 1.07 bits per heavy atom. The Bertz CT molecular complexity index is 950. The monoisotopic (exact) mass is 387 g/mol. The smallest absolute Gasteiger partial charge is 0.338 e. The van der Waals surface area contributed by atoms with Crippen LogP contribution in [0.4, 0.5) is 0 Å². The van der Waals surface area contributed by atoms with Crippen LogP contribution in [0.3, 0.4) is 0 Å². The summed E-state index contributed by atoms with van der Waals surface area (Å²) in [5, 5.41) is 0. The highest BCUT2D eigenvalue weighted by Gasteiger charge is 2.29. The van der Waals surface area contributed by atoms with Crippen LogP contribution < -0.4 is 0 Å². The Labute approximate surface area is 158 Å². The Morgan fingerprint density at radius 3 is 2.67 bits per heavy atom. The summed E-state index contributed by atoms with van der Waals surface area (Å²) < 4.78 is 37.8. The summed E-state index contributed by atoms with van der Waals surface area (Å²) in [5.74, 6) is -0.504. The Morgan fingerprint density at radius 2 is 1.85 bits per heavy atom. The molecule has 0 unspecified atom stereocenters. The SMILES string of the molecule is O=C(O[C@@H]1CCc2ccccc21)c1cccc(S(=O)(=O)N2CCOCC2)c1. The molecule has 2 aromatic rings. The van der Waals surface area contributed by atoms with Crippen LogP contribution in [0.1, 0.15) is 34.0 Å². The second-order valence-corrected chi connectivity index (χ2v) is 8.61. The topological polar surface area (TPSA) is 72.9 Å². The molecule has 142 valence electrons. The highest BCUT2D eigenvalue weighted by molar-refractivity contribution is 7.89. The molecule has 1 atom stereocenters. The first-order valence-electron chi connectivity index (χ1n) is 9.02. The molecule has 0 N–H and O–H groups in total. The van der Waals surface area contributed by atoms with Gasteiger partial charge in [-0.3, -0.25) is 0 Å². The summed E-state index contributed by atoms with van der Waals surface area (Å²) in [6.07, 6.45) is 1.34. The van der Waals surface area contributed by atoms with Crippen molar-refractivity contribution >= 4 is 16.0 Å². The number of aryl methyl sites for hydroxylation is 1. The van der Waals surface area contributed by atoms with Gasteiger partial charge in [0.25, 0.3) is 0 Å². The van der Waals surface area contributed by atoms with Gasteiger partial charge < -0.3 is 9.47 Å². The standard InChI is InChI=1S/C20H21NO5S/c22-20(26-19-9-8-15-4-1-2-7-18(15)19)16-5-3-6-17(14-16)27(23,24)21-10-12-25-13-11-21/h1-7,14,19H,8-13H2/t19-/m1/s1. The molecule has 1 saturated heterocycles. The normalized spacial score (nSPS) is 20.2. The maximum absolute atomic E-state index is 12.8. The number of hydrogen-bond donors (Lipinski definition) is 0. The molecule has 1 fully saturated rings. The van der Waals surface area contributed by atoms with E-state index in [-0.39, 0.29) is 16.6 Å². The number of carbonyl (C=O) groups is 1. The largest absolute Gasteiger partial charge is 0.454 e. The van der Waals surface area contributed by atoms with Crippen LogP contribution in [-0.4, -0.2) is 45.0 Å². The average molecular weight is 387 g/mol. The maximum Gasteiger partial charge on any atom is 0.338 e. The zero-order valence-electron chi connectivity index (χ0n) is 14.8. The van der Waals surface area contributed by atoms with Crippen molar-refractivity contribution in [1.29, 1.82) is 0 Å². The van der Waals surface area contributed by atoms with Gasteiger partial charge in [0.1, 0.15) is 6.10 Å². The van der Waals surface area contributed by atoms with Crippen molar-refractivity contribution in [2.24, 2.45) is 0 Å². The van der Waals surface area contributed by atoms with Crippen LogP contribution in [-0.2, 0) is 25.9 Å². The van der Waals surface area contributed by atoms with E-state index in [0.29, 0.717) is 26.3 Å². The van der Waals surface area contributed by atoms with Crippen molar-refractivity contribution < 1.29 is 22.7 Å². The maximum atomic E-state index is 12.8. The minimum atomic E-state index is -3.65. The zero-order chi connectivity index (χ0) is 18.9. The first kappa shape index (κ1) is 18.2. The van der Waals surface area contributed by atoms with Crippen molar-refractivity contribution in [3.05, 3.63) is 65.2 Å². The number of morpholine rings is 1. The minimum Gasteiger partial charge on any atom is -0.454 e. The van der Waals surface area contributed by atoms with Gasteiger partial charge in [-0.25, -0.2) is 13.2 Å². The van der Waals surface area contributed by atoms with Crippen LogP contribution in [0.15, 0.2) is 53.4 Å². The van der Waals surface area contributed by atoms with Crippen LogP contribution in [0.25, 0.3) is 0 Å². The lowest BCUT2D eigenvalue weighted by Gasteiger charge is -2.26. The molecule has 0 bridgehead atoms. The molecule has 1 aliphatic heterocycles. The zero-order valence-corrected chi connectivity index (χ0v) is 15.7. The van der Waals surface area contributed by atoms with Gasteiger partial charge in [-0.15, -0.1) is 0 Å². The van der Waals surface area contributed by atoms with E-state index in [9.17, 15) is 13.2 Å². The summed E-state index contributed by atoms with van der Waals surface area (Å²) >= 11 is 0. The Hall–Kier alpha value is -2.22. The average Bonchev–Trinajstić information content (AvgIpc) is 3.12. The number of hydrogen-bond acceptors (Lipinski definition) is 5. The fourth-order valence-electron chi connectivity index (χ4n) is 3.56. The second kappa shape index (κ2) is 7.42. The molecule has 6 nitrogen and oxygen atoms in total. The molecule has 7 heteroatoms. The highest BCUT2D eigenvalue weighted by atomic mass is 32.2. The fourth-order valence-corrected chi connectivity index (χ4v) is 5.01. The molecule has 2 aliphatic rings. The predicted octanol–water partition coefficient (Wildman–Crippen LogP) is 2.55. The molecular weight excluding hydrogens is 366 g/mol. The second-order valence-electron chi connectivity index (χ2n) is 6.68. The van der Waals surface area contributed by atoms with E-state index >= 15 is 0 Å². The van der Waals surface area contributed by atoms with Crippen LogP contribution in [0, 0.1) is 0 Å². The van der Waals surface area contributed by atoms with Gasteiger partial charge in [-0.05, 0) is 42.2 Å². The molecule has 27 heavy (non-hydrogen) atoms. The number of benzene rings is 2. The number of ether oxygens (including phenoxy) is 2. The third-order valence-corrected chi connectivity index (χ3v) is 6.90. The van der Waals surface area contributed by atoms with Gasteiger partial charge in [0.05, 0.1) is 23.7 Å². The number of esters is 1. The predicted molar refractivity (Wildman–Crippen MR) is 98.9 cm³/mol. The van der Waals surface area contributed by atoms with Crippen LogP contribution in [0.5, 0.6) is 0 Å². The van der Waals surface area contributed by atoms with Crippen LogP contribution in [0.2, 0.25) is 0 Å². The number of nitrogens with zero attached hydrogens (tertiary/aromatic N) is 1. The molecule has 0 amide bonds. The van der Waals surface area contributed by atoms with Gasteiger partial charge in [0.15, 0.2) is 0 Å². The van der Waals surface area contributed by atoms with Gasteiger partial charge in [-0.2, -0.15) is 4.31 Å². The van der Waals surface area contributed by atoms with Gasteiger partial charge in [-0.1, -0.05) is 30.3 Å². The molecule has 1 heterocycles. The molecule has 0 spiro atoms. The molecule has 0 saturated carbocycles. The van der Waals surface area contributed by atoms with Crippen LogP contribution >= 0.6 is 0 Å². The number of rotatable bonds is 4. The lowest BCUT2D eigenvalue weighted by atomic mass is 10.1. The summed E-state index contributed by atoms with van der Waals surface area (Å²) in [5.41, 5.74) is 2.47. The van der Waals surface area contributed by atoms with Crippen molar-refractivity contribution in [3.8, 4) is 0 Å². The minimum absolute atomic E-state index is 0.102. The lowest BCUT2D eigenvalue weighted by molar-refractivity contribution is 0.0301. The van der Waals surface area contributed by atoms with E-state index < -0.39 is 16.0 Å². The van der Waals surface area contributed by atoms with Gasteiger partial charge in [0, 0.05) is 13.1 Å². The molecule has 0 radical (unpaired) electrons. The number of fused-ring (bicyclic) bond motifs is 1. The van der Waals surface area contributed by atoms with Crippen molar-refractivity contribution in [1.82, 2.24) is 4.31 Å². The van der Waals surface area contributed by atoms with Crippen molar-refractivity contribution in [2.45, 2.75) is 23.8 Å². The summed E-state index contributed by atoms with van der Waals surface area (Å²) in [4.78, 5) is 12.7. The third kappa shape index (κ3) is 3.63. The molecular formula is C20H21NO5S. The molecule has 1 aliphatic carbocycles. The quantitative estimate of drug-likeness (QED) is 0.754. The van der Waals surface area contributed by atoms with E-state index in [2.05, 4.69) is 0 Å². The van der Waals surface area contributed by atoms with E-state index in [1.54, 1.807) is 12.1 Å². The first-order chi connectivity index (χ1) is 13.1. The van der Waals surface area contributed by atoms with E-state index in [1.807, 2.05) is 24.3 Å². The molecule has 4 rings (SSSR count). The van der Waals surface area contributed by atoms with Gasteiger partial charge in [0.2, 0.25) is 10.0 Å². The third-order valence-electron chi connectivity index (χ3n) is 5.00. The van der Waals surface area contributed by atoms with Gasteiger partial charge >= 0.3 is 5.97 Å². The summed E-state index contributed by atoms with van der Waals surface area (Å²) in [7, 11) is -3.65. The Balaban J connectivity index is 1.53. The lowest BCUT2D eigenvalue weighted by Crippen LogP contribution is -2.40.